The third kappa shape index (κ3) is 3.18. The molecule has 2 aromatic carbocycles. The predicted octanol–water partition coefficient (Wildman–Crippen LogP) is 4.17. The first-order valence-electron chi connectivity index (χ1n) is 8.12. The van der Waals surface area contributed by atoms with Crippen LogP contribution >= 0.6 is 0 Å². The van der Waals surface area contributed by atoms with E-state index in [1.165, 1.54) is 11.1 Å². The summed E-state index contributed by atoms with van der Waals surface area (Å²) in [6.45, 7) is 10.1. The summed E-state index contributed by atoms with van der Waals surface area (Å²) in [5, 5.41) is 2.98. The Kier molecular flexibility index (Phi) is 3.91. The van der Waals surface area contributed by atoms with Crippen molar-refractivity contribution in [3.8, 4) is 5.69 Å². The van der Waals surface area contributed by atoms with Gasteiger partial charge < -0.3 is 5.32 Å². The molecule has 1 aromatic heterocycles. The minimum Gasteiger partial charge on any atom is -0.347 e. The third-order valence-electron chi connectivity index (χ3n) is 3.91. The lowest BCUT2D eigenvalue weighted by molar-refractivity contribution is 0.0919. The van der Waals surface area contributed by atoms with Crippen LogP contribution in [0.25, 0.3) is 16.7 Å². The van der Waals surface area contributed by atoms with Gasteiger partial charge >= 0.3 is 0 Å². The first kappa shape index (κ1) is 16.2. The molecule has 0 aliphatic heterocycles. The molecule has 0 radical (unpaired) electrons. The van der Waals surface area contributed by atoms with E-state index in [1.807, 2.05) is 45.3 Å². The van der Waals surface area contributed by atoms with Crippen molar-refractivity contribution in [2.75, 3.05) is 0 Å². The Morgan fingerprint density at radius 2 is 1.83 bits per heavy atom. The second-order valence-corrected chi connectivity index (χ2v) is 7.31. The quantitative estimate of drug-likeness (QED) is 0.770. The van der Waals surface area contributed by atoms with Crippen LogP contribution in [0.1, 0.15) is 42.3 Å². The number of carbonyl (C=O) groups excluding carboxylic acids is 1. The van der Waals surface area contributed by atoms with Crippen LogP contribution < -0.4 is 5.32 Å². The van der Waals surface area contributed by atoms with Crippen molar-refractivity contribution in [1.82, 2.24) is 14.9 Å². The highest BCUT2D eigenvalue weighted by Gasteiger charge is 2.16. The van der Waals surface area contributed by atoms with Crippen molar-refractivity contribution < 1.29 is 4.79 Å². The number of rotatable bonds is 2. The lowest BCUT2D eigenvalue weighted by Gasteiger charge is -2.20. The molecule has 3 rings (SSSR count). The molecule has 0 atom stereocenters. The molecule has 0 spiro atoms. The molecular formula is C20H23N3O. The Balaban J connectivity index is 2.01. The van der Waals surface area contributed by atoms with E-state index < -0.39 is 0 Å². The van der Waals surface area contributed by atoms with Gasteiger partial charge in [0.25, 0.3) is 5.91 Å². The molecule has 0 aliphatic rings. The fourth-order valence-corrected chi connectivity index (χ4v) is 2.83. The van der Waals surface area contributed by atoms with Gasteiger partial charge in [-0.3, -0.25) is 9.36 Å². The van der Waals surface area contributed by atoms with Crippen molar-refractivity contribution in [2.45, 2.75) is 40.2 Å². The number of hydrogen-bond acceptors (Lipinski definition) is 2. The molecule has 1 amide bonds. The molecule has 4 heteroatoms. The van der Waals surface area contributed by atoms with E-state index in [-0.39, 0.29) is 11.4 Å². The van der Waals surface area contributed by atoms with Gasteiger partial charge in [-0.2, -0.15) is 0 Å². The molecule has 4 nitrogen and oxygen atoms in total. The first-order chi connectivity index (χ1) is 11.2. The Hall–Kier alpha value is -2.62. The summed E-state index contributed by atoms with van der Waals surface area (Å²) in [5.41, 5.74) is 5.72. The van der Waals surface area contributed by atoms with Gasteiger partial charge in [0.15, 0.2) is 0 Å². The highest BCUT2D eigenvalue weighted by atomic mass is 16.1. The number of hydrogen-bond donors (Lipinski definition) is 1. The van der Waals surface area contributed by atoms with Gasteiger partial charge in [0.1, 0.15) is 6.33 Å². The molecular weight excluding hydrogens is 298 g/mol. The maximum Gasteiger partial charge on any atom is 0.251 e. The number of fused-ring (bicyclic) bond motifs is 1. The molecule has 0 unspecified atom stereocenters. The zero-order chi connectivity index (χ0) is 17.5. The van der Waals surface area contributed by atoms with E-state index in [9.17, 15) is 4.79 Å². The van der Waals surface area contributed by atoms with E-state index >= 15 is 0 Å². The second kappa shape index (κ2) is 5.78. The minimum atomic E-state index is -0.260. The SMILES string of the molecule is Cc1ccc(-n2cnc3cc(C(=O)NC(C)(C)C)ccc32)c(C)c1. The van der Waals surface area contributed by atoms with Crippen LogP contribution in [0.15, 0.2) is 42.7 Å². The third-order valence-corrected chi connectivity index (χ3v) is 3.91. The van der Waals surface area contributed by atoms with Crippen LogP contribution in [0.2, 0.25) is 0 Å². The predicted molar refractivity (Wildman–Crippen MR) is 97.8 cm³/mol. The number of nitrogens with one attached hydrogen (secondary N) is 1. The molecule has 1 N–H and O–H groups in total. The van der Waals surface area contributed by atoms with Gasteiger partial charge in [-0.15, -0.1) is 0 Å². The Morgan fingerprint density at radius 1 is 1.08 bits per heavy atom. The van der Waals surface area contributed by atoms with Gasteiger partial charge in [0.2, 0.25) is 0 Å². The normalized spacial score (nSPS) is 11.7. The van der Waals surface area contributed by atoms with Crippen molar-refractivity contribution in [3.05, 3.63) is 59.4 Å². The van der Waals surface area contributed by atoms with Crippen molar-refractivity contribution in [3.63, 3.8) is 0 Å². The van der Waals surface area contributed by atoms with Crippen LogP contribution in [-0.4, -0.2) is 21.0 Å². The second-order valence-electron chi connectivity index (χ2n) is 7.31. The number of aromatic nitrogens is 2. The number of benzene rings is 2. The molecule has 0 saturated carbocycles. The van der Waals surface area contributed by atoms with Crippen LogP contribution in [-0.2, 0) is 0 Å². The summed E-state index contributed by atoms with van der Waals surface area (Å²) >= 11 is 0. The van der Waals surface area contributed by atoms with Gasteiger partial charge in [0.05, 0.1) is 16.7 Å². The molecule has 0 bridgehead atoms. The zero-order valence-electron chi connectivity index (χ0n) is 14.8. The number of imidazole rings is 1. The number of carbonyl (C=O) groups is 1. The summed E-state index contributed by atoms with van der Waals surface area (Å²) < 4.78 is 2.07. The zero-order valence-corrected chi connectivity index (χ0v) is 14.8. The molecule has 0 saturated heterocycles. The summed E-state index contributed by atoms with van der Waals surface area (Å²) in [5.74, 6) is -0.0783. The fourth-order valence-electron chi connectivity index (χ4n) is 2.83. The van der Waals surface area contributed by atoms with Crippen LogP contribution in [0.5, 0.6) is 0 Å². The van der Waals surface area contributed by atoms with Gasteiger partial charge in [0, 0.05) is 11.1 Å². The number of aryl methyl sites for hydroxylation is 2. The summed E-state index contributed by atoms with van der Waals surface area (Å²) in [7, 11) is 0. The highest BCUT2D eigenvalue weighted by Crippen LogP contribution is 2.22. The lowest BCUT2D eigenvalue weighted by atomic mass is 10.1. The summed E-state index contributed by atoms with van der Waals surface area (Å²) in [6, 6.07) is 12.0. The minimum absolute atomic E-state index is 0.0783. The number of nitrogens with zero attached hydrogens (tertiary/aromatic N) is 2. The molecule has 124 valence electrons. The average Bonchev–Trinajstić information content (AvgIpc) is 2.88. The summed E-state index contributed by atoms with van der Waals surface area (Å²) in [4.78, 5) is 16.8. The van der Waals surface area contributed by atoms with Crippen LogP contribution in [0, 0.1) is 13.8 Å². The monoisotopic (exact) mass is 321 g/mol. The molecule has 24 heavy (non-hydrogen) atoms. The first-order valence-corrected chi connectivity index (χ1v) is 8.12. The van der Waals surface area contributed by atoms with E-state index in [0.29, 0.717) is 5.56 Å². The molecule has 1 heterocycles. The Labute approximate surface area is 142 Å². The van der Waals surface area contributed by atoms with Crippen LogP contribution in [0.3, 0.4) is 0 Å². The fraction of sp³-hybridized carbons (Fsp3) is 0.300. The Morgan fingerprint density at radius 3 is 2.50 bits per heavy atom. The van der Waals surface area contributed by atoms with Gasteiger partial charge in [-0.1, -0.05) is 17.7 Å². The highest BCUT2D eigenvalue weighted by molar-refractivity contribution is 5.97. The maximum absolute atomic E-state index is 12.3. The standard InChI is InChI=1S/C20H23N3O/c1-13-6-8-17(14(2)10-13)23-12-21-16-11-15(7-9-18(16)23)19(24)22-20(3,4)5/h6-12H,1-5H3,(H,22,24). The van der Waals surface area contributed by atoms with E-state index in [1.54, 1.807) is 0 Å². The Bertz CT molecular complexity index is 916. The van der Waals surface area contributed by atoms with Gasteiger partial charge in [-0.25, -0.2) is 4.98 Å². The maximum atomic E-state index is 12.3. The molecule has 0 aliphatic carbocycles. The van der Waals surface area contributed by atoms with Crippen LogP contribution in [0.4, 0.5) is 0 Å². The lowest BCUT2D eigenvalue weighted by Crippen LogP contribution is -2.40. The largest absolute Gasteiger partial charge is 0.347 e. The van der Waals surface area contributed by atoms with E-state index in [0.717, 1.165) is 16.7 Å². The van der Waals surface area contributed by atoms with Gasteiger partial charge in [-0.05, 0) is 64.4 Å². The summed E-state index contributed by atoms with van der Waals surface area (Å²) in [6.07, 6.45) is 1.81. The van der Waals surface area contributed by atoms with Crippen molar-refractivity contribution in [1.29, 1.82) is 0 Å². The van der Waals surface area contributed by atoms with E-state index in [2.05, 4.69) is 46.9 Å². The van der Waals surface area contributed by atoms with Crippen molar-refractivity contribution in [2.24, 2.45) is 0 Å². The van der Waals surface area contributed by atoms with E-state index in [4.69, 9.17) is 0 Å². The molecule has 3 aromatic rings. The smallest absolute Gasteiger partial charge is 0.251 e. The number of amides is 1. The molecule has 0 fully saturated rings. The average molecular weight is 321 g/mol. The van der Waals surface area contributed by atoms with Crippen molar-refractivity contribution >= 4 is 16.9 Å². The topological polar surface area (TPSA) is 46.9 Å².